The predicted molar refractivity (Wildman–Crippen MR) is 55.9 cm³/mol. The first-order chi connectivity index (χ1) is 6.29. The van der Waals surface area contributed by atoms with Crippen LogP contribution in [0.4, 0.5) is 10.1 Å². The standard InChI is InChI=1S/C11H16FNO/c1-7-5-10(14-11(2,3)4)8(12)6-9(7)13/h5-6H,13H2,1-4H3. The summed E-state index contributed by atoms with van der Waals surface area (Å²) in [5.74, 6) is -0.160. The first kappa shape index (κ1) is 10.8. The van der Waals surface area contributed by atoms with Crippen LogP contribution in [0.2, 0.25) is 0 Å². The Hall–Kier alpha value is -1.25. The minimum Gasteiger partial charge on any atom is -0.485 e. The molecule has 1 aromatic carbocycles. The zero-order valence-corrected chi connectivity index (χ0v) is 9.02. The molecule has 0 aliphatic carbocycles. The summed E-state index contributed by atoms with van der Waals surface area (Å²) in [6.07, 6.45) is 0. The number of nitrogens with two attached hydrogens (primary N) is 1. The van der Waals surface area contributed by atoms with E-state index in [0.29, 0.717) is 5.69 Å². The van der Waals surface area contributed by atoms with E-state index in [0.717, 1.165) is 5.56 Å². The summed E-state index contributed by atoms with van der Waals surface area (Å²) in [4.78, 5) is 0. The van der Waals surface area contributed by atoms with E-state index < -0.39 is 11.4 Å². The molecule has 0 atom stereocenters. The van der Waals surface area contributed by atoms with Gasteiger partial charge in [0.2, 0.25) is 0 Å². The van der Waals surface area contributed by atoms with E-state index in [2.05, 4.69) is 0 Å². The average molecular weight is 197 g/mol. The molecular formula is C11H16FNO. The van der Waals surface area contributed by atoms with Gasteiger partial charge in [-0.3, -0.25) is 0 Å². The first-order valence-corrected chi connectivity index (χ1v) is 4.54. The number of benzene rings is 1. The van der Waals surface area contributed by atoms with Crippen molar-refractivity contribution < 1.29 is 9.13 Å². The molecule has 78 valence electrons. The highest BCUT2D eigenvalue weighted by Crippen LogP contribution is 2.26. The highest BCUT2D eigenvalue weighted by atomic mass is 19.1. The highest BCUT2D eigenvalue weighted by Gasteiger charge is 2.15. The average Bonchev–Trinajstić information content (AvgIpc) is 1.97. The van der Waals surface area contributed by atoms with E-state index in [9.17, 15) is 4.39 Å². The lowest BCUT2D eigenvalue weighted by Crippen LogP contribution is -2.23. The van der Waals surface area contributed by atoms with Gasteiger partial charge in [-0.15, -0.1) is 0 Å². The summed E-state index contributed by atoms with van der Waals surface area (Å²) in [7, 11) is 0. The van der Waals surface area contributed by atoms with Crippen molar-refractivity contribution in [3.05, 3.63) is 23.5 Å². The van der Waals surface area contributed by atoms with E-state index in [-0.39, 0.29) is 5.75 Å². The van der Waals surface area contributed by atoms with Crippen molar-refractivity contribution in [2.24, 2.45) is 0 Å². The van der Waals surface area contributed by atoms with Crippen LogP contribution in [0.5, 0.6) is 5.75 Å². The molecule has 0 saturated carbocycles. The number of hydrogen-bond acceptors (Lipinski definition) is 2. The number of anilines is 1. The molecule has 0 aliphatic heterocycles. The second kappa shape index (κ2) is 3.48. The largest absolute Gasteiger partial charge is 0.485 e. The van der Waals surface area contributed by atoms with Crippen LogP contribution in [0, 0.1) is 12.7 Å². The molecule has 2 nitrogen and oxygen atoms in total. The number of rotatable bonds is 1. The summed E-state index contributed by atoms with van der Waals surface area (Å²) in [6, 6.07) is 2.91. The molecule has 2 N–H and O–H groups in total. The Morgan fingerprint density at radius 2 is 1.86 bits per heavy atom. The number of halogens is 1. The van der Waals surface area contributed by atoms with Crippen LogP contribution in [-0.2, 0) is 0 Å². The maximum absolute atomic E-state index is 13.4. The molecule has 1 aromatic rings. The zero-order chi connectivity index (χ0) is 10.9. The summed E-state index contributed by atoms with van der Waals surface area (Å²) < 4.78 is 18.8. The van der Waals surface area contributed by atoms with E-state index in [1.165, 1.54) is 6.07 Å². The number of nitrogen functional groups attached to an aromatic ring is 1. The fourth-order valence-corrected chi connectivity index (χ4v) is 1.08. The van der Waals surface area contributed by atoms with Gasteiger partial charge in [0.25, 0.3) is 0 Å². The van der Waals surface area contributed by atoms with Gasteiger partial charge in [-0.25, -0.2) is 4.39 Å². The minimum atomic E-state index is -0.414. The first-order valence-electron chi connectivity index (χ1n) is 4.54. The topological polar surface area (TPSA) is 35.2 Å². The second-order valence-corrected chi connectivity index (χ2v) is 4.35. The zero-order valence-electron chi connectivity index (χ0n) is 9.02. The van der Waals surface area contributed by atoms with Crippen LogP contribution < -0.4 is 10.5 Å². The van der Waals surface area contributed by atoms with Gasteiger partial charge in [0, 0.05) is 11.8 Å². The molecule has 0 fully saturated rings. The molecule has 0 unspecified atom stereocenters. The molecule has 0 aliphatic rings. The Balaban J connectivity index is 3.04. The lowest BCUT2D eigenvalue weighted by molar-refractivity contribution is 0.124. The second-order valence-electron chi connectivity index (χ2n) is 4.35. The van der Waals surface area contributed by atoms with Crippen molar-refractivity contribution in [2.75, 3.05) is 5.73 Å². The molecule has 1 rings (SSSR count). The Labute approximate surface area is 83.9 Å². The van der Waals surface area contributed by atoms with Gasteiger partial charge < -0.3 is 10.5 Å². The fraction of sp³-hybridized carbons (Fsp3) is 0.455. The van der Waals surface area contributed by atoms with E-state index in [4.69, 9.17) is 10.5 Å². The molecule has 0 amide bonds. The third kappa shape index (κ3) is 2.62. The van der Waals surface area contributed by atoms with Gasteiger partial charge in [-0.05, 0) is 39.3 Å². The fourth-order valence-electron chi connectivity index (χ4n) is 1.08. The van der Waals surface area contributed by atoms with E-state index >= 15 is 0 Å². The molecule has 0 radical (unpaired) electrons. The Kier molecular flexibility index (Phi) is 2.69. The maximum atomic E-state index is 13.4. The van der Waals surface area contributed by atoms with Crippen molar-refractivity contribution >= 4 is 5.69 Å². The van der Waals surface area contributed by atoms with Crippen molar-refractivity contribution in [1.29, 1.82) is 0 Å². The monoisotopic (exact) mass is 197 g/mol. The molecule has 0 heterocycles. The van der Waals surface area contributed by atoms with E-state index in [1.807, 2.05) is 27.7 Å². The highest BCUT2D eigenvalue weighted by molar-refractivity contribution is 5.50. The minimum absolute atomic E-state index is 0.254. The number of hydrogen-bond donors (Lipinski definition) is 1. The SMILES string of the molecule is Cc1cc(OC(C)(C)C)c(F)cc1N. The molecule has 14 heavy (non-hydrogen) atoms. The molecule has 0 aromatic heterocycles. The lowest BCUT2D eigenvalue weighted by Gasteiger charge is -2.22. The summed E-state index contributed by atoms with van der Waals surface area (Å²) in [5.41, 5.74) is 6.43. The molecule has 0 spiro atoms. The third-order valence-corrected chi connectivity index (χ3v) is 1.74. The summed E-state index contributed by atoms with van der Waals surface area (Å²) >= 11 is 0. The van der Waals surface area contributed by atoms with Gasteiger partial charge in [0.05, 0.1) is 0 Å². The van der Waals surface area contributed by atoms with Crippen molar-refractivity contribution in [2.45, 2.75) is 33.3 Å². The summed E-state index contributed by atoms with van der Waals surface area (Å²) in [6.45, 7) is 7.44. The lowest BCUT2D eigenvalue weighted by atomic mass is 10.1. The molecule has 0 bridgehead atoms. The maximum Gasteiger partial charge on any atom is 0.167 e. The van der Waals surface area contributed by atoms with E-state index in [1.54, 1.807) is 6.07 Å². The van der Waals surface area contributed by atoms with Gasteiger partial charge in [-0.2, -0.15) is 0 Å². The number of ether oxygens (including phenoxy) is 1. The normalized spacial score (nSPS) is 11.5. The van der Waals surface area contributed by atoms with Crippen LogP contribution in [0.1, 0.15) is 26.3 Å². The molecule has 3 heteroatoms. The summed E-state index contributed by atoms with van der Waals surface area (Å²) in [5, 5.41) is 0. The van der Waals surface area contributed by atoms with Gasteiger partial charge in [-0.1, -0.05) is 0 Å². The van der Waals surface area contributed by atoms with Crippen LogP contribution in [0.25, 0.3) is 0 Å². The number of aryl methyl sites for hydroxylation is 1. The van der Waals surface area contributed by atoms with Gasteiger partial charge >= 0.3 is 0 Å². The van der Waals surface area contributed by atoms with Crippen LogP contribution >= 0.6 is 0 Å². The van der Waals surface area contributed by atoms with Crippen LogP contribution in [0.3, 0.4) is 0 Å². The van der Waals surface area contributed by atoms with Crippen molar-refractivity contribution in [3.63, 3.8) is 0 Å². The van der Waals surface area contributed by atoms with Crippen molar-refractivity contribution in [1.82, 2.24) is 0 Å². The van der Waals surface area contributed by atoms with Gasteiger partial charge in [0.1, 0.15) is 5.60 Å². The predicted octanol–water partition coefficient (Wildman–Crippen LogP) is 2.89. The smallest absolute Gasteiger partial charge is 0.167 e. The third-order valence-electron chi connectivity index (χ3n) is 1.74. The molecule has 0 saturated heterocycles. The Morgan fingerprint density at radius 1 is 1.29 bits per heavy atom. The molecular weight excluding hydrogens is 181 g/mol. The Morgan fingerprint density at radius 3 is 2.36 bits per heavy atom. The quantitative estimate of drug-likeness (QED) is 0.702. The van der Waals surface area contributed by atoms with Gasteiger partial charge in [0.15, 0.2) is 11.6 Å². The van der Waals surface area contributed by atoms with Crippen LogP contribution in [0.15, 0.2) is 12.1 Å². The Bertz CT molecular complexity index is 342. The van der Waals surface area contributed by atoms with Crippen LogP contribution in [-0.4, -0.2) is 5.60 Å². The van der Waals surface area contributed by atoms with Crippen molar-refractivity contribution in [3.8, 4) is 5.75 Å².